The van der Waals surface area contributed by atoms with Crippen LogP contribution in [0.5, 0.6) is 11.5 Å². The largest absolute Gasteiger partial charge is 0.485 e. The average molecular weight is 293 g/mol. The number of aromatic nitrogens is 1. The van der Waals surface area contributed by atoms with Gasteiger partial charge in [-0.25, -0.2) is 0 Å². The Morgan fingerprint density at radius 3 is 1.76 bits per heavy atom. The van der Waals surface area contributed by atoms with Crippen molar-refractivity contribution in [2.75, 3.05) is 13.2 Å². The predicted octanol–water partition coefficient (Wildman–Crippen LogP) is 5.18. The van der Waals surface area contributed by atoms with E-state index in [1.807, 2.05) is 0 Å². The highest BCUT2D eigenvalue weighted by Crippen LogP contribution is 2.30. The Balaban J connectivity index is 1.45. The van der Waals surface area contributed by atoms with Crippen LogP contribution in [0.1, 0.15) is 71.1 Å². The normalized spacial score (nSPS) is 13.6. The summed E-state index contributed by atoms with van der Waals surface area (Å²) in [7, 11) is 0. The summed E-state index contributed by atoms with van der Waals surface area (Å²) in [6, 6.07) is 0. The molecule has 0 spiro atoms. The third kappa shape index (κ3) is 6.03. The van der Waals surface area contributed by atoms with E-state index >= 15 is 0 Å². The van der Waals surface area contributed by atoms with Crippen molar-refractivity contribution in [1.82, 2.24) is 4.57 Å². The SMILES string of the molecule is CCCCCCCCCCCCn1cc2c(c1)OCCO2. The zero-order valence-electron chi connectivity index (χ0n) is 13.6. The number of nitrogens with zero attached hydrogens (tertiary/aromatic N) is 1. The van der Waals surface area contributed by atoms with Gasteiger partial charge in [-0.15, -0.1) is 0 Å². The van der Waals surface area contributed by atoms with Crippen LogP contribution in [0, 0.1) is 0 Å². The Bertz CT molecular complexity index is 363. The summed E-state index contributed by atoms with van der Waals surface area (Å²) in [5.74, 6) is 1.82. The first-order valence-electron chi connectivity index (χ1n) is 8.85. The van der Waals surface area contributed by atoms with Crippen molar-refractivity contribution in [3.05, 3.63) is 12.4 Å². The molecule has 0 atom stereocenters. The van der Waals surface area contributed by atoms with E-state index in [4.69, 9.17) is 9.47 Å². The quantitative estimate of drug-likeness (QED) is 0.525. The topological polar surface area (TPSA) is 23.4 Å². The Morgan fingerprint density at radius 2 is 1.24 bits per heavy atom. The number of unbranched alkanes of at least 4 members (excludes halogenated alkanes) is 9. The van der Waals surface area contributed by atoms with Crippen molar-refractivity contribution in [1.29, 1.82) is 0 Å². The van der Waals surface area contributed by atoms with Crippen LogP contribution in [-0.2, 0) is 6.54 Å². The summed E-state index contributed by atoms with van der Waals surface area (Å²) in [5, 5.41) is 0. The molecule has 0 aliphatic carbocycles. The van der Waals surface area contributed by atoms with Gasteiger partial charge < -0.3 is 14.0 Å². The standard InChI is InChI=1S/C18H31NO2/c1-2-3-4-5-6-7-8-9-10-11-12-19-15-17-18(16-19)21-14-13-20-17/h15-16H,2-14H2,1H3. The highest BCUT2D eigenvalue weighted by atomic mass is 16.6. The highest BCUT2D eigenvalue weighted by molar-refractivity contribution is 5.38. The van der Waals surface area contributed by atoms with Crippen molar-refractivity contribution >= 4 is 0 Å². The number of rotatable bonds is 11. The fourth-order valence-corrected chi connectivity index (χ4v) is 2.90. The monoisotopic (exact) mass is 293 g/mol. The minimum Gasteiger partial charge on any atom is -0.485 e. The van der Waals surface area contributed by atoms with E-state index < -0.39 is 0 Å². The lowest BCUT2D eigenvalue weighted by Gasteiger charge is -2.13. The zero-order valence-corrected chi connectivity index (χ0v) is 13.6. The van der Waals surface area contributed by atoms with E-state index in [9.17, 15) is 0 Å². The van der Waals surface area contributed by atoms with Gasteiger partial charge in [-0.3, -0.25) is 0 Å². The second kappa shape index (κ2) is 9.75. The molecule has 2 heterocycles. The van der Waals surface area contributed by atoms with Crippen LogP contribution in [0.25, 0.3) is 0 Å². The third-order valence-corrected chi connectivity index (χ3v) is 4.18. The molecule has 21 heavy (non-hydrogen) atoms. The molecule has 1 aliphatic heterocycles. The molecule has 1 aromatic rings. The van der Waals surface area contributed by atoms with E-state index in [1.54, 1.807) is 0 Å². The lowest BCUT2D eigenvalue weighted by Crippen LogP contribution is -2.13. The van der Waals surface area contributed by atoms with Crippen LogP contribution in [0.15, 0.2) is 12.4 Å². The molecule has 3 heteroatoms. The molecular formula is C18H31NO2. The van der Waals surface area contributed by atoms with Crippen molar-refractivity contribution in [3.63, 3.8) is 0 Å². The van der Waals surface area contributed by atoms with Crippen LogP contribution >= 0.6 is 0 Å². The van der Waals surface area contributed by atoms with Crippen LogP contribution in [-0.4, -0.2) is 17.8 Å². The lowest BCUT2D eigenvalue weighted by atomic mass is 10.1. The number of ether oxygens (including phenoxy) is 2. The maximum Gasteiger partial charge on any atom is 0.179 e. The summed E-state index contributed by atoms with van der Waals surface area (Å²) in [5.41, 5.74) is 0. The molecule has 0 saturated heterocycles. The smallest absolute Gasteiger partial charge is 0.179 e. The van der Waals surface area contributed by atoms with Crippen LogP contribution < -0.4 is 9.47 Å². The van der Waals surface area contributed by atoms with Gasteiger partial charge >= 0.3 is 0 Å². The molecule has 0 aromatic carbocycles. The van der Waals surface area contributed by atoms with Gasteiger partial charge in [0.1, 0.15) is 13.2 Å². The fourth-order valence-electron chi connectivity index (χ4n) is 2.90. The molecule has 0 radical (unpaired) electrons. The molecule has 0 fully saturated rings. The van der Waals surface area contributed by atoms with E-state index in [0.717, 1.165) is 18.0 Å². The van der Waals surface area contributed by atoms with Gasteiger partial charge in [-0.1, -0.05) is 64.7 Å². The molecule has 0 saturated carbocycles. The molecule has 120 valence electrons. The molecule has 0 amide bonds. The Labute approximate surface area is 129 Å². The molecule has 0 bridgehead atoms. The highest BCUT2D eigenvalue weighted by Gasteiger charge is 2.13. The Morgan fingerprint density at radius 1 is 0.762 bits per heavy atom. The molecule has 1 aromatic heterocycles. The summed E-state index contributed by atoms with van der Waals surface area (Å²) in [6.45, 7) is 4.71. The van der Waals surface area contributed by atoms with Gasteiger partial charge in [0.05, 0.1) is 0 Å². The average Bonchev–Trinajstić information content (AvgIpc) is 2.92. The second-order valence-electron chi connectivity index (χ2n) is 6.10. The minimum atomic E-state index is 0.676. The first-order chi connectivity index (χ1) is 10.4. The lowest BCUT2D eigenvalue weighted by molar-refractivity contribution is 0.173. The van der Waals surface area contributed by atoms with E-state index in [1.165, 1.54) is 64.2 Å². The fraction of sp³-hybridized carbons (Fsp3) is 0.778. The van der Waals surface area contributed by atoms with Crippen molar-refractivity contribution < 1.29 is 9.47 Å². The summed E-state index contributed by atoms with van der Waals surface area (Å²) < 4.78 is 13.3. The van der Waals surface area contributed by atoms with E-state index in [2.05, 4.69) is 23.9 Å². The Hall–Kier alpha value is -1.12. The third-order valence-electron chi connectivity index (χ3n) is 4.18. The first kappa shape index (κ1) is 16.3. The van der Waals surface area contributed by atoms with Crippen molar-refractivity contribution in [3.8, 4) is 11.5 Å². The molecule has 0 unspecified atom stereocenters. The van der Waals surface area contributed by atoms with E-state index in [0.29, 0.717) is 13.2 Å². The number of aryl methyl sites for hydroxylation is 1. The molecular weight excluding hydrogens is 262 g/mol. The summed E-state index contributed by atoms with van der Waals surface area (Å²) in [6.07, 6.45) is 18.0. The molecule has 3 nitrogen and oxygen atoms in total. The second-order valence-corrected chi connectivity index (χ2v) is 6.10. The molecule has 0 N–H and O–H groups in total. The number of fused-ring (bicyclic) bond motifs is 1. The summed E-state index contributed by atoms with van der Waals surface area (Å²) >= 11 is 0. The number of hydrogen-bond acceptors (Lipinski definition) is 2. The maximum atomic E-state index is 5.56. The Kier molecular flexibility index (Phi) is 7.55. The molecule has 1 aliphatic rings. The van der Waals surface area contributed by atoms with Gasteiger partial charge in [0.2, 0.25) is 0 Å². The summed E-state index contributed by atoms with van der Waals surface area (Å²) in [4.78, 5) is 0. The van der Waals surface area contributed by atoms with Gasteiger partial charge in [0.15, 0.2) is 11.5 Å². The van der Waals surface area contributed by atoms with Crippen molar-refractivity contribution in [2.24, 2.45) is 0 Å². The van der Waals surface area contributed by atoms with Crippen LogP contribution in [0.3, 0.4) is 0 Å². The van der Waals surface area contributed by atoms with Crippen LogP contribution in [0.2, 0.25) is 0 Å². The maximum absolute atomic E-state index is 5.56. The first-order valence-corrected chi connectivity index (χ1v) is 8.85. The zero-order chi connectivity index (χ0) is 14.8. The molecule has 2 rings (SSSR count). The van der Waals surface area contributed by atoms with Gasteiger partial charge in [-0.2, -0.15) is 0 Å². The van der Waals surface area contributed by atoms with Gasteiger partial charge in [-0.05, 0) is 6.42 Å². The number of hydrogen-bond donors (Lipinski definition) is 0. The predicted molar refractivity (Wildman–Crippen MR) is 87.3 cm³/mol. The van der Waals surface area contributed by atoms with Crippen LogP contribution in [0.4, 0.5) is 0 Å². The minimum absolute atomic E-state index is 0.676. The van der Waals surface area contributed by atoms with E-state index in [-0.39, 0.29) is 0 Å². The van der Waals surface area contributed by atoms with Crippen molar-refractivity contribution in [2.45, 2.75) is 77.7 Å². The van der Waals surface area contributed by atoms with Gasteiger partial charge in [0.25, 0.3) is 0 Å². The van der Waals surface area contributed by atoms with Gasteiger partial charge in [0, 0.05) is 18.9 Å².